The second-order valence-corrected chi connectivity index (χ2v) is 8.41. The van der Waals surface area contributed by atoms with Crippen LogP contribution in [0.15, 0.2) is 33.6 Å². The van der Waals surface area contributed by atoms with Crippen LogP contribution in [0.2, 0.25) is 0 Å². The molecule has 0 aliphatic carbocycles. The number of sulfonamides is 1. The Morgan fingerprint density at radius 2 is 1.83 bits per heavy atom. The summed E-state index contributed by atoms with van der Waals surface area (Å²) in [5.74, 6) is 1.15. The number of benzene rings is 1. The van der Waals surface area contributed by atoms with Gasteiger partial charge in [-0.3, -0.25) is 4.21 Å². The minimum Gasteiger partial charge on any atom is -0.260 e. The molecule has 1 saturated heterocycles. The summed E-state index contributed by atoms with van der Waals surface area (Å²) in [5.41, 5.74) is 0. The zero-order chi connectivity index (χ0) is 13.2. The Balaban J connectivity index is 2.13. The molecule has 4 nitrogen and oxygen atoms in total. The summed E-state index contributed by atoms with van der Waals surface area (Å²) < 4.78 is 38.8. The SMILES string of the molecule is O=S1CCC(NS(=O)(=O)c2ccccc2Br)CC1. The lowest BCUT2D eigenvalue weighted by atomic mass is 10.2. The van der Waals surface area contributed by atoms with Crippen molar-refractivity contribution in [3.05, 3.63) is 28.7 Å². The van der Waals surface area contributed by atoms with Crippen LogP contribution in [-0.2, 0) is 20.8 Å². The van der Waals surface area contributed by atoms with Gasteiger partial charge in [-0.15, -0.1) is 0 Å². The third-order valence-electron chi connectivity index (χ3n) is 2.84. The number of hydrogen-bond acceptors (Lipinski definition) is 3. The van der Waals surface area contributed by atoms with Gasteiger partial charge >= 0.3 is 0 Å². The van der Waals surface area contributed by atoms with Gasteiger partial charge in [-0.1, -0.05) is 12.1 Å². The van der Waals surface area contributed by atoms with E-state index in [4.69, 9.17) is 0 Å². The van der Waals surface area contributed by atoms with E-state index in [2.05, 4.69) is 20.7 Å². The molecule has 1 aliphatic rings. The molecule has 0 saturated carbocycles. The van der Waals surface area contributed by atoms with E-state index in [0.29, 0.717) is 28.8 Å². The normalized spacial score (nSPS) is 24.9. The Morgan fingerprint density at radius 1 is 1.22 bits per heavy atom. The summed E-state index contributed by atoms with van der Waals surface area (Å²) in [7, 11) is -4.29. The van der Waals surface area contributed by atoms with Crippen molar-refractivity contribution in [2.24, 2.45) is 0 Å². The van der Waals surface area contributed by atoms with Gasteiger partial charge in [0, 0.05) is 32.8 Å². The van der Waals surface area contributed by atoms with Crippen LogP contribution >= 0.6 is 15.9 Å². The van der Waals surface area contributed by atoms with E-state index in [9.17, 15) is 12.6 Å². The Morgan fingerprint density at radius 3 is 2.44 bits per heavy atom. The highest BCUT2D eigenvalue weighted by molar-refractivity contribution is 9.10. The number of nitrogens with one attached hydrogen (secondary N) is 1. The monoisotopic (exact) mass is 351 g/mol. The summed E-state index contributed by atoms with van der Waals surface area (Å²) >= 11 is 3.24. The average molecular weight is 352 g/mol. The van der Waals surface area contributed by atoms with Crippen molar-refractivity contribution in [1.29, 1.82) is 0 Å². The maximum Gasteiger partial charge on any atom is 0.241 e. The fourth-order valence-electron chi connectivity index (χ4n) is 1.86. The Labute approximate surface area is 118 Å². The second-order valence-electron chi connectivity index (χ2n) is 4.17. The molecule has 1 aromatic rings. The van der Waals surface area contributed by atoms with Crippen molar-refractivity contribution < 1.29 is 12.6 Å². The summed E-state index contributed by atoms with van der Waals surface area (Å²) in [4.78, 5) is 0.247. The van der Waals surface area contributed by atoms with E-state index >= 15 is 0 Å². The zero-order valence-electron chi connectivity index (χ0n) is 9.63. The van der Waals surface area contributed by atoms with Gasteiger partial charge in [0.15, 0.2) is 0 Å². The van der Waals surface area contributed by atoms with Gasteiger partial charge in [0.2, 0.25) is 10.0 Å². The fraction of sp³-hybridized carbons (Fsp3) is 0.455. The standard InChI is InChI=1S/C11H14BrNO3S2/c12-10-3-1-2-4-11(10)18(15,16)13-9-5-7-17(14)8-6-9/h1-4,9,13H,5-8H2. The van der Waals surface area contributed by atoms with Gasteiger partial charge in [-0.05, 0) is 40.9 Å². The molecule has 0 spiro atoms. The molecule has 0 aromatic heterocycles. The molecule has 1 N–H and O–H groups in total. The van der Waals surface area contributed by atoms with E-state index in [1.165, 1.54) is 0 Å². The van der Waals surface area contributed by atoms with Crippen molar-refractivity contribution in [3.8, 4) is 0 Å². The first-order valence-corrected chi connectivity index (χ1v) is 9.37. The minimum absolute atomic E-state index is 0.111. The lowest BCUT2D eigenvalue weighted by Crippen LogP contribution is -2.39. The first-order chi connectivity index (χ1) is 8.49. The molecule has 7 heteroatoms. The van der Waals surface area contributed by atoms with E-state index in [-0.39, 0.29) is 10.9 Å². The third-order valence-corrected chi connectivity index (χ3v) is 6.75. The molecule has 1 fully saturated rings. The van der Waals surface area contributed by atoms with Crippen LogP contribution in [-0.4, -0.2) is 30.2 Å². The smallest absolute Gasteiger partial charge is 0.241 e. The fourth-order valence-corrected chi connectivity index (χ4v) is 5.46. The molecular weight excluding hydrogens is 338 g/mol. The molecule has 2 rings (SSSR count). The molecule has 0 amide bonds. The highest BCUT2D eigenvalue weighted by Gasteiger charge is 2.25. The minimum atomic E-state index is -3.50. The van der Waals surface area contributed by atoms with Crippen LogP contribution in [0.1, 0.15) is 12.8 Å². The molecule has 0 unspecified atom stereocenters. The van der Waals surface area contributed by atoms with Crippen LogP contribution in [0, 0.1) is 0 Å². The first-order valence-electron chi connectivity index (χ1n) is 5.61. The summed E-state index contributed by atoms with van der Waals surface area (Å²) in [6, 6.07) is 6.61. The molecule has 0 radical (unpaired) electrons. The molecule has 18 heavy (non-hydrogen) atoms. The van der Waals surface area contributed by atoms with Crippen molar-refractivity contribution >= 4 is 36.8 Å². The number of rotatable bonds is 3. The maximum absolute atomic E-state index is 12.2. The summed E-state index contributed by atoms with van der Waals surface area (Å²) in [6.07, 6.45) is 1.27. The third kappa shape index (κ3) is 3.40. The average Bonchev–Trinajstić information content (AvgIpc) is 2.32. The van der Waals surface area contributed by atoms with Crippen molar-refractivity contribution in [2.45, 2.75) is 23.8 Å². The van der Waals surface area contributed by atoms with Crippen LogP contribution < -0.4 is 4.72 Å². The summed E-state index contributed by atoms with van der Waals surface area (Å²) in [5, 5.41) is 0. The van der Waals surface area contributed by atoms with Gasteiger partial charge in [-0.25, -0.2) is 13.1 Å². The lowest BCUT2D eigenvalue weighted by Gasteiger charge is -2.22. The van der Waals surface area contributed by atoms with E-state index in [1.54, 1.807) is 24.3 Å². The van der Waals surface area contributed by atoms with E-state index in [0.717, 1.165) is 0 Å². The first kappa shape index (κ1) is 14.2. The highest BCUT2D eigenvalue weighted by atomic mass is 79.9. The van der Waals surface area contributed by atoms with Gasteiger partial charge in [0.1, 0.15) is 0 Å². The molecule has 1 heterocycles. The van der Waals surface area contributed by atoms with Crippen molar-refractivity contribution in [1.82, 2.24) is 4.72 Å². The van der Waals surface area contributed by atoms with Crippen LogP contribution in [0.3, 0.4) is 0 Å². The van der Waals surface area contributed by atoms with Gasteiger partial charge in [0.25, 0.3) is 0 Å². The molecule has 0 atom stereocenters. The topological polar surface area (TPSA) is 63.2 Å². The predicted octanol–water partition coefficient (Wildman–Crippen LogP) is 1.64. The largest absolute Gasteiger partial charge is 0.260 e. The van der Waals surface area contributed by atoms with Crippen LogP contribution in [0.4, 0.5) is 0 Å². The molecule has 1 aliphatic heterocycles. The molecule has 100 valence electrons. The molecule has 0 bridgehead atoms. The van der Waals surface area contributed by atoms with Crippen molar-refractivity contribution in [3.63, 3.8) is 0 Å². The Hall–Kier alpha value is -0.240. The number of halogens is 1. The molecular formula is C11H14BrNO3S2. The maximum atomic E-state index is 12.2. The van der Waals surface area contributed by atoms with Gasteiger partial charge in [-0.2, -0.15) is 0 Å². The Kier molecular flexibility index (Phi) is 4.58. The zero-order valence-corrected chi connectivity index (χ0v) is 12.9. The second kappa shape index (κ2) is 5.81. The van der Waals surface area contributed by atoms with Crippen LogP contribution in [0.25, 0.3) is 0 Å². The highest BCUT2D eigenvalue weighted by Crippen LogP contribution is 2.22. The van der Waals surface area contributed by atoms with Gasteiger partial charge < -0.3 is 0 Å². The lowest BCUT2D eigenvalue weighted by molar-refractivity contribution is 0.521. The molecule has 1 aromatic carbocycles. The Bertz CT molecular complexity index is 549. The quantitative estimate of drug-likeness (QED) is 0.900. The van der Waals surface area contributed by atoms with E-state index in [1.807, 2.05) is 0 Å². The summed E-state index contributed by atoms with van der Waals surface area (Å²) in [6.45, 7) is 0. The number of hydrogen-bond donors (Lipinski definition) is 1. The predicted molar refractivity (Wildman–Crippen MR) is 75.4 cm³/mol. The van der Waals surface area contributed by atoms with Gasteiger partial charge in [0.05, 0.1) is 4.90 Å². The van der Waals surface area contributed by atoms with Crippen LogP contribution in [0.5, 0.6) is 0 Å². The van der Waals surface area contributed by atoms with Crippen molar-refractivity contribution in [2.75, 3.05) is 11.5 Å². The van der Waals surface area contributed by atoms with E-state index < -0.39 is 20.8 Å².